The lowest BCUT2D eigenvalue weighted by Gasteiger charge is -2.19. The largest absolute Gasteiger partial charge is 0.461 e. The summed E-state index contributed by atoms with van der Waals surface area (Å²) >= 11 is 0. The summed E-state index contributed by atoms with van der Waals surface area (Å²) in [6, 6.07) is 5.09. The molecule has 142 valence electrons. The van der Waals surface area contributed by atoms with Crippen LogP contribution in [0.5, 0.6) is 0 Å². The molecule has 4 rings (SSSR count). The molecule has 0 unspecified atom stereocenters. The number of rotatable bonds is 6. The average molecular weight is 372 g/mol. The summed E-state index contributed by atoms with van der Waals surface area (Å²) in [6.07, 6.45) is 4.98. The number of carbonyl (C=O) groups is 3. The Morgan fingerprint density at radius 1 is 1.19 bits per heavy atom. The Balaban J connectivity index is 1.26. The zero-order chi connectivity index (χ0) is 18.8. The molecule has 0 bridgehead atoms. The van der Waals surface area contributed by atoms with E-state index in [0.29, 0.717) is 17.2 Å². The first kappa shape index (κ1) is 17.5. The van der Waals surface area contributed by atoms with Crippen LogP contribution in [-0.2, 0) is 25.7 Å². The minimum Gasteiger partial charge on any atom is -0.461 e. The average Bonchev–Trinajstić information content (AvgIpc) is 3.41. The van der Waals surface area contributed by atoms with Crippen LogP contribution >= 0.6 is 0 Å². The SMILES string of the molecule is O=C(CCN1C(=O)[C@H]2CCCC[C@H]2C1=O)OCc1cc(-c2ccco2)on1. The summed E-state index contributed by atoms with van der Waals surface area (Å²) in [5, 5.41) is 3.82. The first-order valence-corrected chi connectivity index (χ1v) is 9.14. The normalized spacial score (nSPS) is 22.1. The number of aromatic nitrogens is 1. The number of nitrogens with zero attached hydrogens (tertiary/aromatic N) is 2. The van der Waals surface area contributed by atoms with Crippen molar-refractivity contribution in [3.05, 3.63) is 30.2 Å². The van der Waals surface area contributed by atoms with Crippen LogP contribution in [0.3, 0.4) is 0 Å². The minimum atomic E-state index is -0.493. The van der Waals surface area contributed by atoms with Gasteiger partial charge in [0.1, 0.15) is 12.3 Å². The van der Waals surface area contributed by atoms with Gasteiger partial charge >= 0.3 is 5.97 Å². The summed E-state index contributed by atoms with van der Waals surface area (Å²) in [6.45, 7) is 0.0240. The van der Waals surface area contributed by atoms with E-state index in [1.807, 2.05) is 0 Å². The molecule has 0 spiro atoms. The maximum absolute atomic E-state index is 12.4. The van der Waals surface area contributed by atoms with E-state index in [2.05, 4.69) is 5.16 Å². The van der Waals surface area contributed by atoms with E-state index in [-0.39, 0.29) is 43.2 Å². The van der Waals surface area contributed by atoms with Gasteiger partial charge in [0.2, 0.25) is 17.6 Å². The maximum Gasteiger partial charge on any atom is 0.307 e. The summed E-state index contributed by atoms with van der Waals surface area (Å²) < 4.78 is 15.5. The van der Waals surface area contributed by atoms with Crippen LogP contribution in [0.15, 0.2) is 33.4 Å². The van der Waals surface area contributed by atoms with Gasteiger partial charge < -0.3 is 13.7 Å². The topological polar surface area (TPSA) is 103 Å². The highest BCUT2D eigenvalue weighted by atomic mass is 16.5. The highest BCUT2D eigenvalue weighted by Gasteiger charge is 2.47. The third-order valence-electron chi connectivity index (χ3n) is 5.18. The fraction of sp³-hybridized carbons (Fsp3) is 0.474. The Hall–Kier alpha value is -2.90. The van der Waals surface area contributed by atoms with Gasteiger partial charge in [-0.3, -0.25) is 19.3 Å². The smallest absolute Gasteiger partial charge is 0.307 e. The van der Waals surface area contributed by atoms with Crippen LogP contribution in [0.25, 0.3) is 11.5 Å². The van der Waals surface area contributed by atoms with Crippen molar-refractivity contribution in [3.8, 4) is 11.5 Å². The predicted octanol–water partition coefficient (Wildman–Crippen LogP) is 2.54. The molecule has 0 N–H and O–H groups in total. The molecule has 8 heteroatoms. The van der Waals surface area contributed by atoms with E-state index in [0.717, 1.165) is 25.7 Å². The van der Waals surface area contributed by atoms with Crippen LogP contribution in [0.4, 0.5) is 0 Å². The van der Waals surface area contributed by atoms with Gasteiger partial charge in [-0.2, -0.15) is 0 Å². The number of fused-ring (bicyclic) bond motifs is 1. The van der Waals surface area contributed by atoms with Gasteiger partial charge in [-0.15, -0.1) is 0 Å². The second-order valence-electron chi connectivity index (χ2n) is 6.90. The van der Waals surface area contributed by atoms with Crippen LogP contribution in [0.1, 0.15) is 37.8 Å². The predicted molar refractivity (Wildman–Crippen MR) is 90.8 cm³/mol. The third kappa shape index (κ3) is 3.51. The number of carbonyl (C=O) groups excluding carboxylic acids is 3. The number of likely N-dealkylation sites (tertiary alicyclic amines) is 1. The van der Waals surface area contributed by atoms with Crippen LogP contribution in [0, 0.1) is 11.8 Å². The molecule has 2 aliphatic rings. The molecule has 1 saturated carbocycles. The molecule has 2 aromatic heterocycles. The number of furan rings is 1. The zero-order valence-electron chi connectivity index (χ0n) is 14.8. The summed E-state index contributed by atoms with van der Waals surface area (Å²) in [5.74, 6) is -0.188. The molecular formula is C19H20N2O6. The Bertz CT molecular complexity index is 816. The van der Waals surface area contributed by atoms with Gasteiger partial charge in [0.15, 0.2) is 5.76 Å². The summed E-state index contributed by atoms with van der Waals surface area (Å²) in [4.78, 5) is 38.0. The molecule has 2 amide bonds. The lowest BCUT2D eigenvalue weighted by molar-refractivity contribution is -0.146. The van der Waals surface area contributed by atoms with Gasteiger partial charge in [-0.1, -0.05) is 18.0 Å². The van der Waals surface area contributed by atoms with Crippen molar-refractivity contribution in [2.24, 2.45) is 11.8 Å². The van der Waals surface area contributed by atoms with Crippen molar-refractivity contribution in [1.29, 1.82) is 0 Å². The molecule has 2 atom stereocenters. The van der Waals surface area contributed by atoms with Crippen LogP contribution in [0.2, 0.25) is 0 Å². The van der Waals surface area contributed by atoms with E-state index < -0.39 is 5.97 Å². The standard InChI is InChI=1S/C19H20N2O6/c22-17(26-11-12-10-16(27-20-12)15-6-3-9-25-15)7-8-21-18(23)13-4-1-2-5-14(13)19(21)24/h3,6,9-10,13-14H,1-2,4-5,7-8,11H2/t13-,14+. The molecule has 27 heavy (non-hydrogen) atoms. The fourth-order valence-corrected chi connectivity index (χ4v) is 3.80. The monoisotopic (exact) mass is 372 g/mol. The van der Waals surface area contributed by atoms with Gasteiger partial charge in [-0.25, -0.2) is 0 Å². The van der Waals surface area contributed by atoms with Crippen molar-refractivity contribution in [2.45, 2.75) is 38.7 Å². The molecule has 1 saturated heterocycles. The van der Waals surface area contributed by atoms with Gasteiger partial charge in [0.25, 0.3) is 0 Å². The zero-order valence-corrected chi connectivity index (χ0v) is 14.8. The Kier molecular flexibility index (Phi) is 4.79. The number of imide groups is 1. The van der Waals surface area contributed by atoms with Crippen LogP contribution in [-0.4, -0.2) is 34.4 Å². The molecule has 2 fully saturated rings. The number of esters is 1. The Morgan fingerprint density at radius 3 is 2.59 bits per heavy atom. The van der Waals surface area contributed by atoms with Crippen molar-refractivity contribution < 1.29 is 28.1 Å². The van der Waals surface area contributed by atoms with Crippen molar-refractivity contribution >= 4 is 17.8 Å². The quantitative estimate of drug-likeness (QED) is 0.567. The Labute approximate surface area is 155 Å². The summed E-state index contributed by atoms with van der Waals surface area (Å²) in [7, 11) is 0. The van der Waals surface area contributed by atoms with Gasteiger partial charge in [-0.05, 0) is 25.0 Å². The number of ether oxygens (including phenoxy) is 1. The molecule has 2 aromatic rings. The minimum absolute atomic E-state index is 0.0280. The van der Waals surface area contributed by atoms with Gasteiger partial charge in [0.05, 0.1) is 24.5 Å². The van der Waals surface area contributed by atoms with E-state index in [1.165, 1.54) is 11.2 Å². The first-order chi connectivity index (χ1) is 13.1. The highest BCUT2D eigenvalue weighted by Crippen LogP contribution is 2.38. The third-order valence-corrected chi connectivity index (χ3v) is 5.18. The van der Waals surface area contributed by atoms with E-state index in [4.69, 9.17) is 13.7 Å². The molecule has 1 aliphatic carbocycles. The maximum atomic E-state index is 12.4. The van der Waals surface area contributed by atoms with E-state index in [9.17, 15) is 14.4 Å². The number of hydrogen-bond donors (Lipinski definition) is 0. The molecular weight excluding hydrogens is 352 g/mol. The van der Waals surface area contributed by atoms with Gasteiger partial charge in [0, 0.05) is 12.6 Å². The molecule has 8 nitrogen and oxygen atoms in total. The van der Waals surface area contributed by atoms with E-state index in [1.54, 1.807) is 18.2 Å². The lowest BCUT2D eigenvalue weighted by atomic mass is 9.81. The van der Waals surface area contributed by atoms with Crippen molar-refractivity contribution in [3.63, 3.8) is 0 Å². The second kappa shape index (κ2) is 7.38. The Morgan fingerprint density at radius 2 is 1.93 bits per heavy atom. The number of amides is 2. The summed E-state index contributed by atoms with van der Waals surface area (Å²) in [5.41, 5.74) is 0.453. The number of hydrogen-bond acceptors (Lipinski definition) is 7. The van der Waals surface area contributed by atoms with Crippen molar-refractivity contribution in [1.82, 2.24) is 10.1 Å². The van der Waals surface area contributed by atoms with Crippen molar-refractivity contribution in [2.75, 3.05) is 6.54 Å². The molecule has 0 aromatic carbocycles. The van der Waals surface area contributed by atoms with E-state index >= 15 is 0 Å². The molecule has 3 heterocycles. The first-order valence-electron chi connectivity index (χ1n) is 9.14. The highest BCUT2D eigenvalue weighted by molar-refractivity contribution is 6.05. The molecule has 0 radical (unpaired) electrons. The van der Waals surface area contributed by atoms with Crippen LogP contribution < -0.4 is 0 Å². The fourth-order valence-electron chi connectivity index (χ4n) is 3.80. The second-order valence-corrected chi connectivity index (χ2v) is 6.90. The molecule has 1 aliphatic heterocycles. The lowest BCUT2D eigenvalue weighted by Crippen LogP contribution is -2.33.